The van der Waals surface area contributed by atoms with Crippen LogP contribution in [0.2, 0.25) is 10.0 Å². The van der Waals surface area contributed by atoms with Crippen molar-refractivity contribution in [3.05, 3.63) is 28.2 Å². The number of halogens is 2. The van der Waals surface area contributed by atoms with E-state index in [4.69, 9.17) is 33.3 Å². The maximum absolute atomic E-state index is 12.4. The van der Waals surface area contributed by atoms with Gasteiger partial charge in [-0.15, -0.1) is 0 Å². The first kappa shape index (κ1) is 22.6. The van der Waals surface area contributed by atoms with Gasteiger partial charge in [-0.2, -0.15) is 4.90 Å². The fraction of sp³-hybridized carbons (Fsp3) is 0.389. The minimum Gasteiger partial charge on any atom is -0.437 e. The lowest BCUT2D eigenvalue weighted by Gasteiger charge is -2.19. The number of rotatable bonds is 4. The quantitative estimate of drug-likeness (QED) is 0.416. The number of hydrogen-bond donors (Lipinski definition) is 2. The average Bonchev–Trinajstić information content (AvgIpc) is 2.89. The normalized spacial score (nSPS) is 15.3. The molecule has 0 aliphatic carbocycles. The number of nitrogens with two attached hydrogens (primary N) is 1. The Balaban J connectivity index is 2.36. The van der Waals surface area contributed by atoms with Crippen molar-refractivity contribution >= 4 is 58.7 Å². The number of nitrogens with zero attached hydrogens (tertiary/aromatic N) is 3. The molecular formula is C18H22Cl2N5O4+. The predicted molar refractivity (Wildman–Crippen MR) is 110 cm³/mol. The van der Waals surface area contributed by atoms with E-state index in [-0.39, 0.29) is 46.2 Å². The van der Waals surface area contributed by atoms with E-state index in [1.807, 2.05) is 13.8 Å². The molecule has 1 aliphatic rings. The number of anilines is 1. The number of carbonyl (C=O) groups excluding carboxylic acids is 3. The van der Waals surface area contributed by atoms with Gasteiger partial charge in [0, 0.05) is 0 Å². The number of aliphatic imine (C=N–C) groups is 1. The molecule has 1 aromatic rings. The highest BCUT2D eigenvalue weighted by Gasteiger charge is 2.41. The predicted octanol–water partition coefficient (Wildman–Crippen LogP) is 1.43. The summed E-state index contributed by atoms with van der Waals surface area (Å²) in [6.07, 6.45) is -0.688. The van der Waals surface area contributed by atoms with E-state index in [1.54, 1.807) is 13.8 Å². The minimum absolute atomic E-state index is 0.136. The lowest BCUT2D eigenvalue weighted by molar-refractivity contribution is -0.134. The van der Waals surface area contributed by atoms with Gasteiger partial charge in [-0.05, 0) is 43.0 Å². The highest BCUT2D eigenvalue weighted by molar-refractivity contribution is 6.54. The summed E-state index contributed by atoms with van der Waals surface area (Å²) in [4.78, 5) is 42.8. The third kappa shape index (κ3) is 5.24. The van der Waals surface area contributed by atoms with E-state index in [9.17, 15) is 14.4 Å². The van der Waals surface area contributed by atoms with Crippen LogP contribution in [0.15, 0.2) is 23.2 Å². The highest BCUT2D eigenvalue weighted by Crippen LogP contribution is 2.28. The molecule has 2 rings (SSSR count). The molecule has 1 aromatic carbocycles. The smallest absolute Gasteiger partial charge is 0.437 e. The lowest BCUT2D eigenvalue weighted by atomic mass is 10.2. The number of hydrogen-bond acceptors (Lipinski definition) is 4. The maximum atomic E-state index is 12.4. The first-order chi connectivity index (χ1) is 13.5. The Morgan fingerprint density at radius 2 is 1.90 bits per heavy atom. The summed E-state index contributed by atoms with van der Waals surface area (Å²) >= 11 is 11.9. The molecule has 9 nitrogen and oxygen atoms in total. The number of nitrogens with one attached hydrogen (secondary N) is 1. The molecule has 0 aromatic heterocycles. The molecular weight excluding hydrogens is 421 g/mol. The van der Waals surface area contributed by atoms with Gasteiger partial charge in [-0.1, -0.05) is 37.0 Å². The standard InChI is InChI=1S/C18H21Cl2N5O4/c1-9(2)8-29-18(28)24(10(3)4)16(21)23-17-22-14(26)15(27)25(17)11-5-6-12(19)13(20)7-11/h5-7,9-10H,8H2,1-4H3,(H2,21,22,23,26)/p+1. The van der Waals surface area contributed by atoms with E-state index in [0.29, 0.717) is 0 Å². The van der Waals surface area contributed by atoms with Crippen LogP contribution < -0.4 is 15.6 Å². The molecule has 11 heteroatoms. The molecule has 1 heterocycles. The van der Waals surface area contributed by atoms with Crippen LogP contribution in [-0.2, 0) is 14.3 Å². The van der Waals surface area contributed by atoms with Crippen molar-refractivity contribution in [1.29, 1.82) is 0 Å². The van der Waals surface area contributed by atoms with Gasteiger partial charge in [0.25, 0.3) is 5.96 Å². The molecule has 3 N–H and O–H groups in total. The molecule has 0 unspecified atom stereocenters. The van der Waals surface area contributed by atoms with Gasteiger partial charge in [0.2, 0.25) is 0 Å². The molecule has 0 radical (unpaired) electrons. The van der Waals surface area contributed by atoms with Crippen molar-refractivity contribution in [2.75, 3.05) is 11.5 Å². The van der Waals surface area contributed by atoms with Gasteiger partial charge in [-0.3, -0.25) is 20.3 Å². The summed E-state index contributed by atoms with van der Waals surface area (Å²) in [6, 6.07) is 3.99. The minimum atomic E-state index is -0.902. The van der Waals surface area contributed by atoms with Crippen LogP contribution in [-0.4, -0.2) is 47.4 Å². The van der Waals surface area contributed by atoms with E-state index in [1.165, 1.54) is 18.2 Å². The second-order valence-electron chi connectivity index (χ2n) is 6.92. The highest BCUT2D eigenvalue weighted by atomic mass is 35.5. The first-order valence-corrected chi connectivity index (χ1v) is 9.56. The molecule has 1 fully saturated rings. The number of benzene rings is 1. The van der Waals surface area contributed by atoms with Crippen molar-refractivity contribution in [2.24, 2.45) is 10.9 Å². The SMILES string of the molecule is CC(C)COC(=O)N(C(=[NH2+])N=C1NC(=O)C(=O)N1c1ccc(Cl)c(Cl)c1)C(C)C. The zero-order valence-corrected chi connectivity index (χ0v) is 17.9. The summed E-state index contributed by atoms with van der Waals surface area (Å²) in [5, 5.41) is 8.81. The van der Waals surface area contributed by atoms with Crippen LogP contribution in [0.25, 0.3) is 0 Å². The fourth-order valence-electron chi connectivity index (χ4n) is 2.39. The van der Waals surface area contributed by atoms with Crippen molar-refractivity contribution in [2.45, 2.75) is 33.7 Å². The molecule has 3 amide bonds. The summed E-state index contributed by atoms with van der Waals surface area (Å²) in [6.45, 7) is 7.44. The third-order valence-corrected chi connectivity index (χ3v) is 4.46. The van der Waals surface area contributed by atoms with Gasteiger partial charge < -0.3 is 4.74 Å². The molecule has 0 bridgehead atoms. The van der Waals surface area contributed by atoms with Crippen molar-refractivity contribution in [1.82, 2.24) is 10.2 Å². The van der Waals surface area contributed by atoms with Gasteiger partial charge in [0.15, 0.2) is 0 Å². The van der Waals surface area contributed by atoms with Crippen molar-refractivity contribution < 1.29 is 24.5 Å². The average molecular weight is 443 g/mol. The van der Waals surface area contributed by atoms with Crippen LogP contribution in [0.3, 0.4) is 0 Å². The third-order valence-electron chi connectivity index (χ3n) is 3.72. The van der Waals surface area contributed by atoms with E-state index < -0.39 is 17.9 Å². The summed E-state index contributed by atoms with van der Waals surface area (Å²) < 4.78 is 5.21. The lowest BCUT2D eigenvalue weighted by Crippen LogP contribution is -2.56. The topological polar surface area (TPSA) is 117 Å². The van der Waals surface area contributed by atoms with Crippen LogP contribution in [0, 0.1) is 5.92 Å². The Labute approximate surface area is 178 Å². The number of ether oxygens (including phenoxy) is 1. The summed E-state index contributed by atoms with van der Waals surface area (Å²) in [5.74, 6) is -2.06. The second kappa shape index (κ2) is 9.23. The molecule has 0 spiro atoms. The summed E-state index contributed by atoms with van der Waals surface area (Å²) in [5.41, 5.74) is 0.257. The van der Waals surface area contributed by atoms with Crippen molar-refractivity contribution in [3.63, 3.8) is 0 Å². The Morgan fingerprint density at radius 1 is 1.24 bits per heavy atom. The molecule has 29 heavy (non-hydrogen) atoms. The number of carbonyl (C=O) groups is 3. The molecule has 0 atom stereocenters. The largest absolute Gasteiger partial charge is 0.479 e. The van der Waals surface area contributed by atoms with Gasteiger partial charge in [0.05, 0.1) is 28.4 Å². The molecule has 1 aliphatic heterocycles. The monoisotopic (exact) mass is 442 g/mol. The van der Waals surface area contributed by atoms with Crippen LogP contribution in [0.5, 0.6) is 0 Å². The van der Waals surface area contributed by atoms with E-state index in [2.05, 4.69) is 10.3 Å². The van der Waals surface area contributed by atoms with Gasteiger partial charge in [-0.25, -0.2) is 9.69 Å². The Bertz CT molecular complexity index is 885. The van der Waals surface area contributed by atoms with Crippen molar-refractivity contribution in [3.8, 4) is 0 Å². The van der Waals surface area contributed by atoms with Gasteiger partial charge >= 0.3 is 23.9 Å². The van der Waals surface area contributed by atoms with E-state index in [0.717, 1.165) is 9.80 Å². The molecule has 156 valence electrons. The zero-order valence-electron chi connectivity index (χ0n) is 16.4. The second-order valence-corrected chi connectivity index (χ2v) is 7.74. The molecule has 0 saturated carbocycles. The van der Waals surface area contributed by atoms with E-state index >= 15 is 0 Å². The molecule has 1 saturated heterocycles. The van der Waals surface area contributed by atoms with Crippen LogP contribution in [0.4, 0.5) is 10.5 Å². The Kier molecular flexibility index (Phi) is 7.21. The van der Waals surface area contributed by atoms with Crippen LogP contribution in [0.1, 0.15) is 27.7 Å². The fourth-order valence-corrected chi connectivity index (χ4v) is 2.68. The zero-order chi connectivity index (χ0) is 21.9. The number of amides is 3. The number of guanidine groups is 2. The first-order valence-electron chi connectivity index (χ1n) is 8.80. The Hall–Kier alpha value is -2.65. The van der Waals surface area contributed by atoms with Crippen LogP contribution >= 0.6 is 23.2 Å². The maximum Gasteiger partial charge on any atom is 0.479 e. The van der Waals surface area contributed by atoms with Gasteiger partial charge in [0.1, 0.15) is 0 Å². The Morgan fingerprint density at radius 3 is 2.45 bits per heavy atom. The summed E-state index contributed by atoms with van der Waals surface area (Å²) in [7, 11) is 0.